The first kappa shape index (κ1) is 31.9. The molecule has 0 aliphatic carbocycles. The maximum absolute atomic E-state index is 14.5. The number of nitrogens with one attached hydrogen (secondary N) is 3. The van der Waals surface area contributed by atoms with Gasteiger partial charge in [0.25, 0.3) is 17.7 Å². The van der Waals surface area contributed by atoms with Crippen molar-refractivity contribution < 1.29 is 23.6 Å². The number of amides is 4. The van der Waals surface area contributed by atoms with E-state index in [0.29, 0.717) is 28.3 Å². The number of amidine groups is 1. The third-order valence-corrected chi connectivity index (χ3v) is 8.17. The largest absolute Gasteiger partial charge is 0.321 e. The van der Waals surface area contributed by atoms with Crippen LogP contribution in [-0.2, 0) is 14.4 Å². The molecule has 4 aromatic rings. The SMILES string of the molecule is CCC(Sc1cccc(NC(=O)/C(=C/c2ccccc2F)NC(=O)c2ccccc2)c1)C(=O)NC1=NN(c2ccccc2)C(=O)C1. The normalized spacial score (nSPS) is 13.5. The average Bonchev–Trinajstić information content (AvgIpc) is 3.44. The summed E-state index contributed by atoms with van der Waals surface area (Å²) in [5.74, 6) is -2.02. The molecule has 3 N–H and O–H groups in total. The van der Waals surface area contributed by atoms with Crippen molar-refractivity contribution in [3.8, 4) is 0 Å². The zero-order chi connectivity index (χ0) is 32.5. The van der Waals surface area contributed by atoms with Crippen molar-refractivity contribution in [2.75, 3.05) is 10.3 Å². The molecule has 11 heteroatoms. The highest BCUT2D eigenvalue weighted by atomic mass is 32.2. The Balaban J connectivity index is 1.28. The molecule has 4 aromatic carbocycles. The van der Waals surface area contributed by atoms with E-state index in [9.17, 15) is 23.6 Å². The van der Waals surface area contributed by atoms with Crippen molar-refractivity contribution in [1.82, 2.24) is 10.6 Å². The zero-order valence-corrected chi connectivity index (χ0v) is 25.6. The molecular formula is C35H30FN5O4S. The minimum absolute atomic E-state index is 0.0210. The summed E-state index contributed by atoms with van der Waals surface area (Å²) in [4.78, 5) is 52.7. The number of benzene rings is 4. The quantitative estimate of drug-likeness (QED) is 0.147. The van der Waals surface area contributed by atoms with E-state index in [-0.39, 0.29) is 35.3 Å². The molecule has 1 heterocycles. The van der Waals surface area contributed by atoms with Gasteiger partial charge in [-0.15, -0.1) is 11.8 Å². The monoisotopic (exact) mass is 635 g/mol. The van der Waals surface area contributed by atoms with E-state index < -0.39 is 22.9 Å². The van der Waals surface area contributed by atoms with Crippen LogP contribution in [0.1, 0.15) is 35.7 Å². The van der Waals surface area contributed by atoms with Crippen LogP contribution in [0.5, 0.6) is 0 Å². The van der Waals surface area contributed by atoms with Gasteiger partial charge in [0.15, 0.2) is 0 Å². The molecule has 5 rings (SSSR count). The fourth-order valence-corrected chi connectivity index (χ4v) is 5.53. The predicted molar refractivity (Wildman–Crippen MR) is 177 cm³/mol. The molecule has 1 aliphatic rings. The van der Waals surface area contributed by atoms with Crippen molar-refractivity contribution in [1.29, 1.82) is 0 Å². The number of para-hydroxylation sites is 1. The van der Waals surface area contributed by atoms with Crippen molar-refractivity contribution >= 4 is 58.7 Å². The average molecular weight is 636 g/mol. The van der Waals surface area contributed by atoms with E-state index >= 15 is 0 Å². The highest BCUT2D eigenvalue weighted by Gasteiger charge is 2.28. The molecule has 0 saturated heterocycles. The second kappa shape index (κ2) is 15.0. The third kappa shape index (κ3) is 8.13. The van der Waals surface area contributed by atoms with Gasteiger partial charge in [-0.3, -0.25) is 19.2 Å². The minimum atomic E-state index is -0.661. The minimum Gasteiger partial charge on any atom is -0.321 e. The molecule has 0 radical (unpaired) electrons. The summed E-state index contributed by atoms with van der Waals surface area (Å²) in [6, 6.07) is 30.1. The van der Waals surface area contributed by atoms with Crippen LogP contribution in [0, 0.1) is 5.82 Å². The second-order valence-corrected chi connectivity index (χ2v) is 11.4. The lowest BCUT2D eigenvalue weighted by atomic mass is 10.1. The molecule has 1 unspecified atom stereocenters. The number of anilines is 2. The lowest BCUT2D eigenvalue weighted by Gasteiger charge is -2.15. The molecule has 1 atom stereocenters. The molecule has 232 valence electrons. The van der Waals surface area contributed by atoms with Crippen LogP contribution in [-0.4, -0.2) is 34.7 Å². The van der Waals surface area contributed by atoms with E-state index in [1.54, 1.807) is 84.9 Å². The Morgan fingerprint density at radius 2 is 1.61 bits per heavy atom. The van der Waals surface area contributed by atoms with Gasteiger partial charge in [0, 0.05) is 21.7 Å². The van der Waals surface area contributed by atoms with E-state index in [1.807, 2.05) is 13.0 Å². The van der Waals surface area contributed by atoms with Gasteiger partial charge in [0.2, 0.25) is 5.91 Å². The summed E-state index contributed by atoms with van der Waals surface area (Å²) >= 11 is 1.29. The summed E-state index contributed by atoms with van der Waals surface area (Å²) in [7, 11) is 0. The molecule has 9 nitrogen and oxygen atoms in total. The Morgan fingerprint density at radius 1 is 0.913 bits per heavy atom. The molecule has 1 aliphatic heterocycles. The maximum atomic E-state index is 14.5. The van der Waals surface area contributed by atoms with E-state index in [2.05, 4.69) is 21.1 Å². The van der Waals surface area contributed by atoms with Crippen LogP contribution in [0.3, 0.4) is 0 Å². The highest BCUT2D eigenvalue weighted by molar-refractivity contribution is 8.00. The number of hydrogen-bond donors (Lipinski definition) is 3. The first-order chi connectivity index (χ1) is 22.3. The molecular weight excluding hydrogens is 605 g/mol. The Kier molecular flexibility index (Phi) is 10.4. The molecule has 0 bridgehead atoms. The fraction of sp³-hybridized carbons (Fsp3) is 0.114. The Bertz CT molecular complexity index is 1810. The van der Waals surface area contributed by atoms with E-state index in [4.69, 9.17) is 0 Å². The van der Waals surface area contributed by atoms with Gasteiger partial charge in [0.05, 0.1) is 17.4 Å². The zero-order valence-electron chi connectivity index (χ0n) is 24.8. The highest BCUT2D eigenvalue weighted by Crippen LogP contribution is 2.28. The van der Waals surface area contributed by atoms with Crippen molar-refractivity contribution in [3.05, 3.63) is 132 Å². The number of rotatable bonds is 10. The van der Waals surface area contributed by atoms with Crippen LogP contribution < -0.4 is 21.0 Å². The topological polar surface area (TPSA) is 120 Å². The number of carbonyl (C=O) groups is 4. The molecule has 4 amide bonds. The summed E-state index contributed by atoms with van der Waals surface area (Å²) < 4.78 is 14.5. The van der Waals surface area contributed by atoms with Gasteiger partial charge in [0.1, 0.15) is 17.3 Å². The molecule has 0 aromatic heterocycles. The standard InChI is InChI=1S/C35H30FN5O4S/c1-2-30(35(45)39-31-22-32(42)41(40-31)26-16-7-4-8-17-26)46-27-18-11-15-25(21-27)37-34(44)29(20-24-14-9-10-19-28(24)36)38-33(43)23-12-5-3-6-13-23/h3-21,30H,2,22H2,1H3,(H,37,44)(H,38,43)(H,39,40,45)/b29-20-. The van der Waals surface area contributed by atoms with Gasteiger partial charge in [-0.05, 0) is 61.0 Å². The predicted octanol–water partition coefficient (Wildman–Crippen LogP) is 5.97. The number of carbonyl (C=O) groups excluding carboxylic acids is 4. The first-order valence-corrected chi connectivity index (χ1v) is 15.4. The molecule has 0 fully saturated rings. The lowest BCUT2D eigenvalue weighted by molar-refractivity contribution is -0.119. The smallest absolute Gasteiger partial charge is 0.272 e. The number of thioether (sulfide) groups is 1. The van der Waals surface area contributed by atoms with Gasteiger partial charge in [-0.1, -0.05) is 67.6 Å². The summed E-state index contributed by atoms with van der Waals surface area (Å²) in [5.41, 5.74) is 1.33. The second-order valence-electron chi connectivity index (χ2n) is 10.2. The molecule has 46 heavy (non-hydrogen) atoms. The van der Waals surface area contributed by atoms with Crippen LogP contribution in [0.4, 0.5) is 15.8 Å². The number of nitrogens with zero attached hydrogens (tertiary/aromatic N) is 2. The molecule has 0 spiro atoms. The summed E-state index contributed by atoms with van der Waals surface area (Å²) in [5, 5.41) is 13.2. The van der Waals surface area contributed by atoms with E-state index in [1.165, 1.54) is 41.0 Å². The van der Waals surface area contributed by atoms with Gasteiger partial charge in [-0.25, -0.2) is 4.39 Å². The number of hydrazone groups is 1. The van der Waals surface area contributed by atoms with Crippen molar-refractivity contribution in [2.45, 2.75) is 29.9 Å². The third-order valence-electron chi connectivity index (χ3n) is 6.81. The first-order valence-electron chi connectivity index (χ1n) is 14.5. The Hall–Kier alpha value is -5.55. The summed E-state index contributed by atoms with van der Waals surface area (Å²) in [6.07, 6.45) is 1.74. The maximum Gasteiger partial charge on any atom is 0.272 e. The Morgan fingerprint density at radius 3 is 2.33 bits per heavy atom. The van der Waals surface area contributed by atoms with Gasteiger partial charge >= 0.3 is 0 Å². The van der Waals surface area contributed by atoms with E-state index in [0.717, 1.165) is 0 Å². The lowest BCUT2D eigenvalue weighted by Crippen LogP contribution is -2.36. The van der Waals surface area contributed by atoms with Gasteiger partial charge < -0.3 is 16.0 Å². The van der Waals surface area contributed by atoms with Crippen LogP contribution >= 0.6 is 11.8 Å². The Labute approximate surface area is 269 Å². The van der Waals surface area contributed by atoms with Crippen LogP contribution in [0.25, 0.3) is 6.08 Å². The van der Waals surface area contributed by atoms with Gasteiger partial charge in [-0.2, -0.15) is 10.1 Å². The van der Waals surface area contributed by atoms with Crippen LogP contribution in [0.2, 0.25) is 0 Å². The summed E-state index contributed by atoms with van der Waals surface area (Å²) in [6.45, 7) is 1.87. The number of hydrogen-bond acceptors (Lipinski definition) is 6. The fourth-order valence-electron chi connectivity index (χ4n) is 4.51. The van der Waals surface area contributed by atoms with Crippen LogP contribution in [0.15, 0.2) is 125 Å². The van der Waals surface area contributed by atoms with Crippen molar-refractivity contribution in [3.63, 3.8) is 0 Å². The molecule has 0 saturated carbocycles. The van der Waals surface area contributed by atoms with Crippen molar-refractivity contribution in [2.24, 2.45) is 5.10 Å². The number of halogens is 1.